The Kier molecular flexibility index (Phi) is 6.33. The number of carbonyl (C=O) groups is 2. The minimum Gasteiger partial charge on any atom is -0.452 e. The largest absolute Gasteiger partial charge is 0.452 e. The summed E-state index contributed by atoms with van der Waals surface area (Å²) in [5.41, 5.74) is 0.227. The van der Waals surface area contributed by atoms with E-state index in [9.17, 15) is 18.0 Å². The van der Waals surface area contributed by atoms with Crippen LogP contribution in [0.4, 0.5) is 5.82 Å². The third-order valence-electron chi connectivity index (χ3n) is 4.99. The van der Waals surface area contributed by atoms with Crippen LogP contribution in [0.25, 0.3) is 5.76 Å². The standard InChI is InChI=1S/C24H21N3O6S/c1-16(33-24(29)17-10-4-3-5-11-17)32-22-18-12-6-7-13-19(18)34(30,31)27(2)21(22)23(28)26-20-14-8-9-15-25-20/h3-16H,1-2H3,(H,25,26,28). The van der Waals surface area contributed by atoms with Crippen LogP contribution in [0.1, 0.15) is 22.8 Å². The van der Waals surface area contributed by atoms with E-state index in [-0.39, 0.29) is 27.7 Å². The van der Waals surface area contributed by atoms with Crippen LogP contribution in [0.15, 0.2) is 89.6 Å². The van der Waals surface area contributed by atoms with Crippen molar-refractivity contribution in [3.05, 3.63) is 95.8 Å². The normalized spacial score (nSPS) is 15.2. The Hall–Kier alpha value is -4.18. The van der Waals surface area contributed by atoms with Crippen molar-refractivity contribution in [2.75, 3.05) is 12.4 Å². The summed E-state index contributed by atoms with van der Waals surface area (Å²) >= 11 is 0. The van der Waals surface area contributed by atoms with Crippen LogP contribution < -0.4 is 5.32 Å². The number of amides is 1. The molecule has 0 saturated carbocycles. The van der Waals surface area contributed by atoms with Gasteiger partial charge in [0.25, 0.3) is 15.9 Å². The van der Waals surface area contributed by atoms with Gasteiger partial charge in [0, 0.05) is 25.7 Å². The minimum atomic E-state index is -4.04. The van der Waals surface area contributed by atoms with Gasteiger partial charge in [-0.2, -0.15) is 0 Å². The summed E-state index contributed by atoms with van der Waals surface area (Å²) in [6.45, 7) is 1.48. The zero-order valence-corrected chi connectivity index (χ0v) is 19.2. The molecule has 0 spiro atoms. The second kappa shape index (κ2) is 9.36. The molecule has 0 aliphatic carbocycles. The topological polar surface area (TPSA) is 115 Å². The van der Waals surface area contributed by atoms with Gasteiger partial charge in [-0.3, -0.25) is 9.10 Å². The van der Waals surface area contributed by atoms with E-state index < -0.39 is 28.2 Å². The molecular weight excluding hydrogens is 458 g/mol. The molecule has 0 fully saturated rings. The van der Waals surface area contributed by atoms with Gasteiger partial charge in [0.15, 0.2) is 11.5 Å². The number of esters is 1. The Balaban J connectivity index is 1.73. The number of fused-ring (bicyclic) bond motifs is 1. The predicted molar refractivity (Wildman–Crippen MR) is 124 cm³/mol. The molecule has 1 N–H and O–H groups in total. The molecular formula is C24H21N3O6S. The summed E-state index contributed by atoms with van der Waals surface area (Å²) < 4.78 is 38.4. The van der Waals surface area contributed by atoms with Crippen LogP contribution in [0.5, 0.6) is 0 Å². The lowest BCUT2D eigenvalue weighted by Crippen LogP contribution is -2.38. The number of pyridine rings is 1. The second-order valence-electron chi connectivity index (χ2n) is 7.27. The molecule has 1 aromatic heterocycles. The van der Waals surface area contributed by atoms with Crippen LogP contribution in [-0.4, -0.2) is 42.9 Å². The highest BCUT2D eigenvalue weighted by molar-refractivity contribution is 7.89. The van der Waals surface area contributed by atoms with Gasteiger partial charge in [0.1, 0.15) is 5.82 Å². The van der Waals surface area contributed by atoms with Crippen molar-refractivity contribution in [2.24, 2.45) is 0 Å². The molecule has 9 nitrogen and oxygen atoms in total. The SMILES string of the molecule is CC(OC(=O)c1ccccc1)OC1=C(C(=O)Nc2ccccn2)N(C)S(=O)(=O)c2ccccc21. The number of nitrogens with zero attached hydrogens (tertiary/aromatic N) is 2. The maximum atomic E-state index is 13.2. The minimum absolute atomic E-state index is 0.0385. The maximum absolute atomic E-state index is 13.2. The summed E-state index contributed by atoms with van der Waals surface area (Å²) in [5.74, 6) is -1.20. The van der Waals surface area contributed by atoms with Crippen LogP contribution in [-0.2, 0) is 24.3 Å². The fourth-order valence-corrected chi connectivity index (χ4v) is 4.77. The van der Waals surface area contributed by atoms with Gasteiger partial charge in [-0.05, 0) is 36.4 Å². The highest BCUT2D eigenvalue weighted by atomic mass is 32.2. The molecule has 1 aliphatic rings. The molecule has 1 amide bonds. The molecule has 2 aromatic carbocycles. The second-order valence-corrected chi connectivity index (χ2v) is 9.21. The number of hydrogen-bond donors (Lipinski definition) is 1. The third kappa shape index (κ3) is 4.48. The first-order valence-corrected chi connectivity index (χ1v) is 11.7. The molecule has 2 heterocycles. The average Bonchev–Trinajstić information content (AvgIpc) is 2.84. The van der Waals surface area contributed by atoms with E-state index in [0.29, 0.717) is 5.56 Å². The highest BCUT2D eigenvalue weighted by Crippen LogP contribution is 2.37. The first kappa shape index (κ1) is 23.0. The Bertz CT molecular complexity index is 1360. The first-order valence-electron chi connectivity index (χ1n) is 10.3. The zero-order valence-electron chi connectivity index (χ0n) is 18.3. The fraction of sp³-hybridized carbons (Fsp3) is 0.125. The number of aromatic nitrogens is 1. The number of ether oxygens (including phenoxy) is 2. The van der Waals surface area contributed by atoms with E-state index in [1.54, 1.807) is 60.7 Å². The molecule has 10 heteroatoms. The van der Waals surface area contributed by atoms with Gasteiger partial charge >= 0.3 is 5.97 Å². The van der Waals surface area contributed by atoms with E-state index in [0.717, 1.165) is 4.31 Å². The molecule has 1 unspecified atom stereocenters. The number of nitrogens with one attached hydrogen (secondary N) is 1. The first-order chi connectivity index (χ1) is 16.3. The van der Waals surface area contributed by atoms with E-state index in [4.69, 9.17) is 9.47 Å². The molecule has 0 saturated heterocycles. The maximum Gasteiger partial charge on any atom is 0.341 e. The number of anilines is 1. The highest BCUT2D eigenvalue weighted by Gasteiger charge is 2.39. The number of likely N-dealkylation sites (N-methyl/N-ethyl adjacent to an activating group) is 1. The van der Waals surface area contributed by atoms with Gasteiger partial charge in [-0.25, -0.2) is 18.2 Å². The van der Waals surface area contributed by atoms with Gasteiger partial charge in [0.2, 0.25) is 6.29 Å². The fourth-order valence-electron chi connectivity index (χ4n) is 3.38. The van der Waals surface area contributed by atoms with Crippen LogP contribution in [0.3, 0.4) is 0 Å². The molecule has 174 valence electrons. The van der Waals surface area contributed by atoms with Gasteiger partial charge in [-0.15, -0.1) is 0 Å². The van der Waals surface area contributed by atoms with Gasteiger partial charge in [0.05, 0.1) is 10.5 Å². The molecule has 1 atom stereocenters. The molecule has 1 aliphatic heterocycles. The molecule has 0 bridgehead atoms. The van der Waals surface area contributed by atoms with Crippen molar-refractivity contribution >= 4 is 33.5 Å². The Morgan fingerprint density at radius 2 is 1.65 bits per heavy atom. The predicted octanol–water partition coefficient (Wildman–Crippen LogP) is 3.24. The van der Waals surface area contributed by atoms with Gasteiger partial charge < -0.3 is 14.8 Å². The lowest BCUT2D eigenvalue weighted by atomic mass is 10.1. The quantitative estimate of drug-likeness (QED) is 0.426. The van der Waals surface area contributed by atoms with E-state index in [2.05, 4.69) is 10.3 Å². The summed E-state index contributed by atoms with van der Waals surface area (Å²) in [6, 6.07) is 19.4. The van der Waals surface area contributed by atoms with E-state index in [1.807, 2.05) is 0 Å². The Morgan fingerprint density at radius 3 is 2.35 bits per heavy atom. The Morgan fingerprint density at radius 1 is 0.971 bits per heavy atom. The van der Waals surface area contributed by atoms with Crippen molar-refractivity contribution in [3.8, 4) is 0 Å². The number of benzene rings is 2. The zero-order chi connectivity index (χ0) is 24.3. The molecule has 0 radical (unpaired) electrons. The van der Waals surface area contributed by atoms with Crippen molar-refractivity contribution in [2.45, 2.75) is 18.1 Å². The third-order valence-corrected chi connectivity index (χ3v) is 6.80. The van der Waals surface area contributed by atoms with Crippen LogP contribution in [0, 0.1) is 0 Å². The average molecular weight is 480 g/mol. The molecule has 4 rings (SSSR count). The number of rotatable bonds is 6. The van der Waals surface area contributed by atoms with E-state index in [1.165, 1.54) is 32.3 Å². The van der Waals surface area contributed by atoms with Crippen LogP contribution >= 0.6 is 0 Å². The summed E-state index contributed by atoms with van der Waals surface area (Å²) in [5, 5.41) is 2.58. The van der Waals surface area contributed by atoms with Crippen molar-refractivity contribution in [3.63, 3.8) is 0 Å². The summed E-state index contributed by atoms with van der Waals surface area (Å²) in [7, 11) is -2.78. The summed E-state index contributed by atoms with van der Waals surface area (Å²) in [6.07, 6.45) is 0.353. The van der Waals surface area contributed by atoms with Crippen molar-refractivity contribution in [1.82, 2.24) is 9.29 Å². The Labute approximate surface area is 196 Å². The van der Waals surface area contributed by atoms with Gasteiger partial charge in [-0.1, -0.05) is 36.4 Å². The molecule has 34 heavy (non-hydrogen) atoms. The summed E-state index contributed by atoms with van der Waals surface area (Å²) in [4.78, 5) is 29.7. The number of sulfonamides is 1. The monoisotopic (exact) mass is 479 g/mol. The number of hydrogen-bond acceptors (Lipinski definition) is 7. The van der Waals surface area contributed by atoms with Crippen molar-refractivity contribution < 1.29 is 27.5 Å². The lowest BCUT2D eigenvalue weighted by molar-refractivity contribution is -0.114. The smallest absolute Gasteiger partial charge is 0.341 e. The van der Waals surface area contributed by atoms with Crippen molar-refractivity contribution in [1.29, 1.82) is 0 Å². The van der Waals surface area contributed by atoms with Crippen LogP contribution in [0.2, 0.25) is 0 Å². The van der Waals surface area contributed by atoms with E-state index >= 15 is 0 Å². The molecule has 3 aromatic rings. The lowest BCUT2D eigenvalue weighted by Gasteiger charge is -2.31. The number of carbonyl (C=O) groups excluding carboxylic acids is 2.